The van der Waals surface area contributed by atoms with Gasteiger partial charge in [0.2, 0.25) is 0 Å². The van der Waals surface area contributed by atoms with Crippen LogP contribution in [0.3, 0.4) is 0 Å². The van der Waals surface area contributed by atoms with Crippen molar-refractivity contribution in [3.63, 3.8) is 0 Å². The first kappa shape index (κ1) is 17.5. The van der Waals surface area contributed by atoms with Crippen molar-refractivity contribution < 1.29 is 42.5 Å². The zero-order valence-corrected chi connectivity index (χ0v) is 12.0. The van der Waals surface area contributed by atoms with E-state index in [0.717, 1.165) is 6.42 Å². The fourth-order valence-electron chi connectivity index (χ4n) is 0.592. The maximum Gasteiger partial charge on any atom is 1.00 e. The molecule has 0 saturated carbocycles. The van der Waals surface area contributed by atoms with Crippen molar-refractivity contribution in [1.29, 1.82) is 0 Å². The summed E-state index contributed by atoms with van der Waals surface area (Å²) >= 11 is 0. The van der Waals surface area contributed by atoms with Crippen LogP contribution in [0.4, 0.5) is 0 Å². The molecular weight excluding hydrogens is 223 g/mol. The van der Waals surface area contributed by atoms with Gasteiger partial charge in [0, 0.05) is 0 Å². The van der Waals surface area contributed by atoms with E-state index in [4.69, 9.17) is 4.55 Å². The molecule has 1 rings (SSSR count). The van der Waals surface area contributed by atoms with Gasteiger partial charge in [0.1, 0.15) is 0 Å². The molecule has 0 unspecified atom stereocenters. The van der Waals surface area contributed by atoms with Crippen LogP contribution in [0.15, 0.2) is 35.2 Å². The molecule has 0 aromatic heterocycles. The van der Waals surface area contributed by atoms with Gasteiger partial charge in [0.05, 0.1) is 4.90 Å². The Morgan fingerprint density at radius 3 is 1.87 bits per heavy atom. The van der Waals surface area contributed by atoms with Gasteiger partial charge in [-0.15, -0.1) is 0 Å². The van der Waals surface area contributed by atoms with E-state index >= 15 is 0 Å². The summed E-state index contributed by atoms with van der Waals surface area (Å²) in [4.78, 5) is -0.0741. The van der Waals surface area contributed by atoms with Gasteiger partial charge in [-0.2, -0.15) is 14.8 Å². The van der Waals surface area contributed by atoms with Crippen LogP contribution in [-0.2, 0) is 10.1 Å². The van der Waals surface area contributed by atoms with E-state index in [0.29, 0.717) is 0 Å². The summed E-state index contributed by atoms with van der Waals surface area (Å²) in [6.07, 6.45) is 2.28. The number of rotatable bonds is 2. The van der Waals surface area contributed by atoms with E-state index in [9.17, 15) is 8.42 Å². The molecule has 0 saturated heterocycles. The van der Waals surface area contributed by atoms with Gasteiger partial charge in [-0.05, 0) is 12.1 Å². The van der Waals surface area contributed by atoms with Crippen LogP contribution in [-0.4, -0.2) is 13.0 Å². The molecular formula is C10H15NaO3S. The molecule has 0 aliphatic heterocycles. The van der Waals surface area contributed by atoms with Crippen molar-refractivity contribution in [1.82, 2.24) is 0 Å². The molecule has 0 bridgehead atoms. The smallest absolute Gasteiger partial charge is 0.343 e. The van der Waals surface area contributed by atoms with Crippen molar-refractivity contribution >= 4 is 10.1 Å². The summed E-state index contributed by atoms with van der Waals surface area (Å²) in [5.41, 5.74) is 0. The zero-order valence-electron chi connectivity index (χ0n) is 9.18. The van der Waals surface area contributed by atoms with Gasteiger partial charge < -0.3 is 6.92 Å². The third kappa shape index (κ3) is 9.08. The summed E-state index contributed by atoms with van der Waals surface area (Å²) in [6, 6.07) is 7.42. The molecule has 1 aromatic rings. The molecule has 3 nitrogen and oxygen atoms in total. The fraction of sp³-hybridized carbons (Fsp3) is 0.300. The first-order chi connectivity index (χ1) is 6.52. The van der Waals surface area contributed by atoms with Crippen LogP contribution in [0, 0.1) is 6.92 Å². The van der Waals surface area contributed by atoms with E-state index in [1.807, 2.05) is 0 Å². The third-order valence-electron chi connectivity index (χ3n) is 1.39. The first-order valence-electron chi connectivity index (χ1n) is 4.34. The molecule has 0 amide bonds. The van der Waals surface area contributed by atoms with E-state index in [2.05, 4.69) is 13.8 Å². The Balaban J connectivity index is 0. The van der Waals surface area contributed by atoms with E-state index < -0.39 is 10.1 Å². The monoisotopic (exact) mass is 238 g/mol. The zero-order chi connectivity index (χ0) is 11.0. The molecule has 0 atom stereocenters. The van der Waals surface area contributed by atoms with E-state index in [1.54, 1.807) is 18.2 Å². The van der Waals surface area contributed by atoms with Gasteiger partial charge in [-0.25, -0.2) is 0 Å². The second-order valence-electron chi connectivity index (χ2n) is 2.64. The Labute approximate surface area is 114 Å². The minimum absolute atomic E-state index is 0. The second-order valence-corrected chi connectivity index (χ2v) is 4.06. The van der Waals surface area contributed by atoms with Crippen LogP contribution < -0.4 is 29.6 Å². The van der Waals surface area contributed by atoms with Crippen LogP contribution in [0.25, 0.3) is 0 Å². The largest absolute Gasteiger partial charge is 1.00 e. The van der Waals surface area contributed by atoms with Crippen LogP contribution in [0.5, 0.6) is 0 Å². The number of unbranched alkanes of at least 4 members (excludes halogenated alkanes) is 1. The summed E-state index contributed by atoms with van der Waals surface area (Å²) < 4.78 is 29.2. The molecule has 1 N–H and O–H groups in total. The number of hydrogen-bond donors (Lipinski definition) is 1. The maximum atomic E-state index is 10.4. The second kappa shape index (κ2) is 9.36. The fourth-order valence-corrected chi connectivity index (χ4v) is 1.09. The Morgan fingerprint density at radius 1 is 1.27 bits per heavy atom. The first-order valence-corrected chi connectivity index (χ1v) is 5.78. The summed E-state index contributed by atoms with van der Waals surface area (Å²) in [5, 5.41) is 0. The molecule has 5 heteroatoms. The molecule has 0 aliphatic carbocycles. The minimum atomic E-state index is -4.00. The van der Waals surface area contributed by atoms with Gasteiger partial charge in [-0.1, -0.05) is 31.5 Å². The van der Waals surface area contributed by atoms with Gasteiger partial charge in [0.25, 0.3) is 10.1 Å². The molecule has 0 fully saturated rings. The molecule has 0 radical (unpaired) electrons. The standard InChI is InChI=1S/C6H6O3S.C4H9.Na/c7-10(8,9)6-4-2-1-3-5-6;1-3-4-2;/h1-5H,(H,7,8,9);1,3-4H2,2H3;/q;-1;+1. The van der Waals surface area contributed by atoms with Crippen LogP contribution >= 0.6 is 0 Å². The molecule has 0 spiro atoms. The van der Waals surface area contributed by atoms with Crippen LogP contribution in [0.1, 0.15) is 19.8 Å². The molecule has 0 heterocycles. The molecule has 0 aliphatic rings. The number of hydrogen-bond acceptors (Lipinski definition) is 2. The summed E-state index contributed by atoms with van der Waals surface area (Å²) in [7, 11) is -4.00. The molecule has 80 valence electrons. The topological polar surface area (TPSA) is 54.4 Å². The van der Waals surface area contributed by atoms with Gasteiger partial charge in [-0.3, -0.25) is 4.55 Å². The van der Waals surface area contributed by atoms with Gasteiger partial charge >= 0.3 is 29.6 Å². The number of benzene rings is 1. The Kier molecular flexibility index (Phi) is 10.9. The maximum absolute atomic E-state index is 10.4. The molecule has 15 heavy (non-hydrogen) atoms. The van der Waals surface area contributed by atoms with E-state index in [-0.39, 0.29) is 34.5 Å². The Bertz CT molecular complexity index is 333. The quantitative estimate of drug-likeness (QED) is 0.432. The van der Waals surface area contributed by atoms with Crippen molar-refractivity contribution in [2.24, 2.45) is 0 Å². The predicted molar refractivity (Wildman–Crippen MR) is 56.5 cm³/mol. The summed E-state index contributed by atoms with van der Waals surface area (Å²) in [6.45, 7) is 5.72. The SMILES string of the molecule is O=S(=O)(O)c1ccccc1.[CH2-]CCC.[Na+]. The third-order valence-corrected chi connectivity index (χ3v) is 2.26. The normalized spacial score (nSPS) is 9.53. The molecule has 1 aromatic carbocycles. The predicted octanol–water partition coefficient (Wildman–Crippen LogP) is -0.442. The average Bonchev–Trinajstić information content (AvgIpc) is 2.18. The van der Waals surface area contributed by atoms with Crippen molar-refractivity contribution in [2.45, 2.75) is 24.7 Å². The van der Waals surface area contributed by atoms with Crippen molar-refractivity contribution in [2.75, 3.05) is 0 Å². The van der Waals surface area contributed by atoms with Crippen molar-refractivity contribution in [3.05, 3.63) is 37.3 Å². The summed E-state index contributed by atoms with van der Waals surface area (Å²) in [5.74, 6) is 0. The van der Waals surface area contributed by atoms with Gasteiger partial charge in [0.15, 0.2) is 0 Å². The Hall–Kier alpha value is 0.130. The van der Waals surface area contributed by atoms with Crippen molar-refractivity contribution in [3.8, 4) is 0 Å². The minimum Gasteiger partial charge on any atom is -0.343 e. The van der Waals surface area contributed by atoms with Crippen LogP contribution in [0.2, 0.25) is 0 Å². The van der Waals surface area contributed by atoms with E-state index in [1.165, 1.54) is 18.6 Å². The Morgan fingerprint density at radius 2 is 1.67 bits per heavy atom. The average molecular weight is 238 g/mol.